The van der Waals surface area contributed by atoms with Crippen LogP contribution in [0.4, 0.5) is 11.4 Å². The van der Waals surface area contributed by atoms with Crippen LogP contribution in [0.2, 0.25) is 0 Å². The highest BCUT2D eigenvalue weighted by atomic mass is 16.5. The highest BCUT2D eigenvalue weighted by Crippen LogP contribution is 2.40. The Hall–Kier alpha value is -2.73. The van der Waals surface area contributed by atoms with Gasteiger partial charge in [-0.1, -0.05) is 39.0 Å². The van der Waals surface area contributed by atoms with Gasteiger partial charge >= 0.3 is 5.97 Å². The number of para-hydroxylation sites is 1. The van der Waals surface area contributed by atoms with Crippen molar-refractivity contribution in [2.75, 3.05) is 36.6 Å². The molecule has 0 amide bonds. The zero-order chi connectivity index (χ0) is 23.1. The van der Waals surface area contributed by atoms with Gasteiger partial charge in [-0.25, -0.2) is 0 Å². The number of benzene rings is 2. The molecule has 1 aliphatic heterocycles. The summed E-state index contributed by atoms with van der Waals surface area (Å²) in [6.45, 7) is 10.9. The summed E-state index contributed by atoms with van der Waals surface area (Å²) in [5.41, 5.74) is 2.68. The molecule has 2 aromatic carbocycles. The van der Waals surface area contributed by atoms with E-state index in [1.807, 2.05) is 43.3 Å². The Labute approximate surface area is 191 Å². The lowest BCUT2D eigenvalue weighted by Crippen LogP contribution is -2.65. The van der Waals surface area contributed by atoms with Crippen LogP contribution >= 0.6 is 0 Å². The minimum atomic E-state index is -0.767. The molecular formula is C26H36N2O4. The Morgan fingerprint density at radius 3 is 2.53 bits per heavy atom. The SMILES string of the molecule is CCOc1ccc(N[C@]2(C(C)C)COCCN2c2ccccc2[C@@H](CC)CC(=O)O)cc1. The zero-order valence-corrected chi connectivity index (χ0v) is 19.6. The second kappa shape index (κ2) is 10.7. The molecule has 6 heteroatoms. The maximum absolute atomic E-state index is 11.5. The van der Waals surface area contributed by atoms with E-state index in [1.165, 1.54) is 0 Å². The molecule has 0 unspecified atom stereocenters. The van der Waals surface area contributed by atoms with Crippen molar-refractivity contribution in [3.8, 4) is 5.75 Å². The lowest BCUT2D eigenvalue weighted by molar-refractivity contribution is -0.137. The number of hydrogen-bond acceptors (Lipinski definition) is 5. The number of carbonyl (C=O) groups is 1. The summed E-state index contributed by atoms with van der Waals surface area (Å²) in [4.78, 5) is 13.9. The zero-order valence-electron chi connectivity index (χ0n) is 19.6. The minimum absolute atomic E-state index is 0.0399. The molecule has 1 heterocycles. The molecule has 0 bridgehead atoms. The molecule has 3 rings (SSSR count). The number of aliphatic carboxylic acids is 1. The molecule has 0 spiro atoms. The lowest BCUT2D eigenvalue weighted by atomic mass is 9.87. The summed E-state index contributed by atoms with van der Waals surface area (Å²) >= 11 is 0. The Morgan fingerprint density at radius 2 is 1.91 bits per heavy atom. The summed E-state index contributed by atoms with van der Waals surface area (Å²) in [5.74, 6) is 0.262. The molecule has 32 heavy (non-hydrogen) atoms. The largest absolute Gasteiger partial charge is 0.494 e. The van der Waals surface area contributed by atoms with Crippen molar-refractivity contribution in [1.82, 2.24) is 0 Å². The molecule has 2 N–H and O–H groups in total. The third kappa shape index (κ3) is 5.18. The van der Waals surface area contributed by atoms with Crippen LogP contribution in [0.5, 0.6) is 5.75 Å². The number of carboxylic acids is 1. The molecule has 1 fully saturated rings. The van der Waals surface area contributed by atoms with E-state index in [4.69, 9.17) is 9.47 Å². The molecule has 2 atom stereocenters. The van der Waals surface area contributed by atoms with Crippen molar-refractivity contribution >= 4 is 17.3 Å². The van der Waals surface area contributed by atoms with Gasteiger partial charge in [-0.3, -0.25) is 4.79 Å². The summed E-state index contributed by atoms with van der Waals surface area (Å²) in [6.07, 6.45) is 0.896. The monoisotopic (exact) mass is 440 g/mol. The molecule has 1 aliphatic rings. The van der Waals surface area contributed by atoms with Crippen molar-refractivity contribution in [2.45, 2.75) is 52.1 Å². The maximum atomic E-state index is 11.5. The van der Waals surface area contributed by atoms with E-state index in [1.54, 1.807) is 0 Å². The molecule has 1 saturated heterocycles. The third-order valence-electron chi connectivity index (χ3n) is 6.33. The van der Waals surface area contributed by atoms with E-state index in [-0.39, 0.29) is 18.3 Å². The van der Waals surface area contributed by atoms with Crippen LogP contribution in [0.15, 0.2) is 48.5 Å². The van der Waals surface area contributed by atoms with Crippen molar-refractivity contribution in [1.29, 1.82) is 0 Å². The molecule has 2 aromatic rings. The summed E-state index contributed by atoms with van der Waals surface area (Å²) in [5, 5.41) is 13.2. The van der Waals surface area contributed by atoms with E-state index in [9.17, 15) is 9.90 Å². The van der Waals surface area contributed by atoms with Crippen LogP contribution in [0.1, 0.15) is 52.0 Å². The van der Waals surface area contributed by atoms with Gasteiger partial charge in [0.05, 0.1) is 26.2 Å². The van der Waals surface area contributed by atoms with Gasteiger partial charge in [0.2, 0.25) is 0 Å². The predicted octanol–water partition coefficient (Wildman–Crippen LogP) is 5.35. The number of morpholine rings is 1. The minimum Gasteiger partial charge on any atom is -0.494 e. The van der Waals surface area contributed by atoms with Crippen LogP contribution in [0.25, 0.3) is 0 Å². The van der Waals surface area contributed by atoms with Crippen molar-refractivity contribution in [2.24, 2.45) is 5.92 Å². The van der Waals surface area contributed by atoms with E-state index >= 15 is 0 Å². The second-order valence-electron chi connectivity index (χ2n) is 8.63. The fourth-order valence-electron chi connectivity index (χ4n) is 4.54. The summed E-state index contributed by atoms with van der Waals surface area (Å²) < 4.78 is 11.6. The van der Waals surface area contributed by atoms with Crippen LogP contribution in [0, 0.1) is 5.92 Å². The van der Waals surface area contributed by atoms with Gasteiger partial charge in [0.15, 0.2) is 0 Å². The molecule has 6 nitrogen and oxygen atoms in total. The number of rotatable bonds is 10. The van der Waals surface area contributed by atoms with Gasteiger partial charge < -0.3 is 24.8 Å². The highest BCUT2D eigenvalue weighted by Gasteiger charge is 2.44. The maximum Gasteiger partial charge on any atom is 0.303 e. The number of nitrogens with zero attached hydrogens (tertiary/aromatic N) is 1. The average Bonchev–Trinajstić information content (AvgIpc) is 2.79. The van der Waals surface area contributed by atoms with Crippen LogP contribution in [0.3, 0.4) is 0 Å². The van der Waals surface area contributed by atoms with Gasteiger partial charge in [-0.05, 0) is 61.1 Å². The van der Waals surface area contributed by atoms with E-state index in [2.05, 4.69) is 43.1 Å². The smallest absolute Gasteiger partial charge is 0.303 e. The van der Waals surface area contributed by atoms with Crippen LogP contribution in [-0.2, 0) is 9.53 Å². The first kappa shape index (κ1) is 23.9. The Kier molecular flexibility index (Phi) is 8.02. The highest BCUT2D eigenvalue weighted by molar-refractivity contribution is 5.70. The fourth-order valence-corrected chi connectivity index (χ4v) is 4.54. The number of carboxylic acid groups (broad SMARTS) is 1. The molecule has 0 aromatic heterocycles. The number of nitrogens with one attached hydrogen (secondary N) is 1. The topological polar surface area (TPSA) is 71.0 Å². The number of anilines is 2. The number of hydrogen-bond donors (Lipinski definition) is 2. The van der Waals surface area contributed by atoms with Crippen LogP contribution < -0.4 is 15.0 Å². The molecule has 174 valence electrons. The standard InChI is InChI=1S/C26H36N2O4/c1-5-20(17-25(29)30)23-9-7-8-10-24(23)28-15-16-31-18-26(28,19(3)4)27-21-11-13-22(14-12-21)32-6-2/h7-14,19-20,27H,5-6,15-18H2,1-4H3,(H,29,30)/t20-,26+/m0/s1. The third-order valence-corrected chi connectivity index (χ3v) is 6.33. The fraction of sp³-hybridized carbons (Fsp3) is 0.500. The summed E-state index contributed by atoms with van der Waals surface area (Å²) in [7, 11) is 0. The molecule has 0 saturated carbocycles. The molecular weight excluding hydrogens is 404 g/mol. The predicted molar refractivity (Wildman–Crippen MR) is 129 cm³/mol. The lowest BCUT2D eigenvalue weighted by Gasteiger charge is -2.52. The van der Waals surface area contributed by atoms with Crippen molar-refractivity contribution in [3.05, 3.63) is 54.1 Å². The first-order valence-electron chi connectivity index (χ1n) is 11.6. The second-order valence-corrected chi connectivity index (χ2v) is 8.63. The quantitative estimate of drug-likeness (QED) is 0.519. The van der Waals surface area contributed by atoms with E-state index in [0.717, 1.165) is 35.7 Å². The van der Waals surface area contributed by atoms with Gasteiger partial charge in [0.25, 0.3) is 0 Å². The Bertz CT molecular complexity index is 884. The Morgan fingerprint density at radius 1 is 1.19 bits per heavy atom. The van der Waals surface area contributed by atoms with Gasteiger partial charge in [-0.15, -0.1) is 0 Å². The van der Waals surface area contributed by atoms with E-state index in [0.29, 0.717) is 19.8 Å². The van der Waals surface area contributed by atoms with Gasteiger partial charge in [0, 0.05) is 17.9 Å². The van der Waals surface area contributed by atoms with E-state index < -0.39 is 11.6 Å². The average molecular weight is 441 g/mol. The van der Waals surface area contributed by atoms with Crippen molar-refractivity contribution < 1.29 is 19.4 Å². The normalized spacial score (nSPS) is 19.6. The summed E-state index contributed by atoms with van der Waals surface area (Å²) in [6, 6.07) is 16.2. The van der Waals surface area contributed by atoms with Gasteiger partial charge in [0.1, 0.15) is 11.4 Å². The van der Waals surface area contributed by atoms with Gasteiger partial charge in [-0.2, -0.15) is 0 Å². The number of ether oxygens (including phenoxy) is 2. The van der Waals surface area contributed by atoms with Crippen molar-refractivity contribution in [3.63, 3.8) is 0 Å². The first-order chi connectivity index (χ1) is 15.4. The molecule has 0 radical (unpaired) electrons. The molecule has 0 aliphatic carbocycles. The van der Waals surface area contributed by atoms with Crippen LogP contribution in [-0.4, -0.2) is 43.1 Å². The Balaban J connectivity index is 2.01. The first-order valence-corrected chi connectivity index (χ1v) is 11.6.